The van der Waals surface area contributed by atoms with E-state index in [1.54, 1.807) is 18.7 Å². The zero-order valence-electron chi connectivity index (χ0n) is 7.60. The van der Waals surface area contributed by atoms with Crippen LogP contribution >= 0.6 is 11.6 Å². The van der Waals surface area contributed by atoms with E-state index in [2.05, 4.69) is 9.97 Å². The van der Waals surface area contributed by atoms with Crippen molar-refractivity contribution in [2.45, 2.75) is 12.4 Å². The molecule has 0 aliphatic carbocycles. The number of rotatable bonds is 3. The van der Waals surface area contributed by atoms with Gasteiger partial charge in [0.1, 0.15) is 0 Å². The van der Waals surface area contributed by atoms with Gasteiger partial charge in [-0.2, -0.15) is 0 Å². The second-order valence-electron chi connectivity index (χ2n) is 3.01. The highest BCUT2D eigenvalue weighted by Crippen LogP contribution is 2.06. The lowest BCUT2D eigenvalue weighted by atomic mass is 10.3. The van der Waals surface area contributed by atoms with E-state index in [9.17, 15) is 0 Å². The molecule has 0 saturated heterocycles. The zero-order valence-corrected chi connectivity index (χ0v) is 8.35. The number of halogens is 1. The lowest BCUT2D eigenvalue weighted by molar-refractivity contribution is 0.762. The molecule has 0 bridgehead atoms. The third kappa shape index (κ3) is 1.93. The summed E-state index contributed by atoms with van der Waals surface area (Å²) < 4.78 is 2.02. The van der Waals surface area contributed by atoms with Crippen LogP contribution in [0.1, 0.15) is 11.3 Å². The first kappa shape index (κ1) is 9.21. The number of hydrogen-bond donors (Lipinski definition) is 0. The van der Waals surface area contributed by atoms with E-state index in [-0.39, 0.29) is 0 Å². The Kier molecular flexibility index (Phi) is 2.79. The largest absolute Gasteiger partial charge is 0.329 e. The summed E-state index contributed by atoms with van der Waals surface area (Å²) in [5.74, 6) is 0.486. The lowest BCUT2D eigenvalue weighted by Gasteiger charge is -2.04. The molecule has 2 aromatic rings. The number of alkyl halides is 1. The molecule has 0 N–H and O–H groups in total. The molecule has 0 saturated carbocycles. The summed E-state index contributed by atoms with van der Waals surface area (Å²) in [4.78, 5) is 8.10. The maximum atomic E-state index is 5.76. The second-order valence-corrected chi connectivity index (χ2v) is 3.28. The number of aromatic nitrogens is 3. The van der Waals surface area contributed by atoms with Crippen molar-refractivity contribution in [1.29, 1.82) is 0 Å². The first-order valence-corrected chi connectivity index (χ1v) is 4.87. The van der Waals surface area contributed by atoms with E-state index >= 15 is 0 Å². The first-order chi connectivity index (χ1) is 6.90. The molecule has 0 unspecified atom stereocenters. The van der Waals surface area contributed by atoms with Crippen molar-refractivity contribution in [3.63, 3.8) is 0 Å². The third-order valence-electron chi connectivity index (χ3n) is 2.01. The number of imidazole rings is 1. The predicted octanol–water partition coefficient (Wildman–Crippen LogP) is 2.07. The van der Waals surface area contributed by atoms with Crippen LogP contribution in [0.3, 0.4) is 0 Å². The fraction of sp³-hybridized carbons (Fsp3) is 0.200. The van der Waals surface area contributed by atoms with Crippen LogP contribution in [0, 0.1) is 0 Å². The maximum Gasteiger partial charge on any atom is 0.0951 e. The highest BCUT2D eigenvalue weighted by molar-refractivity contribution is 6.16. The van der Waals surface area contributed by atoms with Crippen LogP contribution in [-0.4, -0.2) is 14.5 Å². The summed E-state index contributed by atoms with van der Waals surface area (Å²) in [6, 6.07) is 3.96. The van der Waals surface area contributed by atoms with Crippen molar-refractivity contribution in [2.75, 3.05) is 0 Å². The number of hydrogen-bond acceptors (Lipinski definition) is 2. The Labute approximate surface area is 87.4 Å². The lowest BCUT2D eigenvalue weighted by Crippen LogP contribution is -2.01. The summed E-state index contributed by atoms with van der Waals surface area (Å²) in [6.07, 6.45) is 7.17. The molecule has 0 aliphatic heterocycles. The monoisotopic (exact) mass is 207 g/mol. The minimum absolute atomic E-state index is 0.486. The van der Waals surface area contributed by atoms with Crippen molar-refractivity contribution < 1.29 is 0 Å². The van der Waals surface area contributed by atoms with Crippen LogP contribution in [0.4, 0.5) is 0 Å². The van der Waals surface area contributed by atoms with E-state index in [0.29, 0.717) is 5.88 Å². The van der Waals surface area contributed by atoms with Gasteiger partial charge < -0.3 is 4.57 Å². The van der Waals surface area contributed by atoms with Gasteiger partial charge in [0.2, 0.25) is 0 Å². The fourth-order valence-corrected chi connectivity index (χ4v) is 1.51. The van der Waals surface area contributed by atoms with Crippen LogP contribution in [0.5, 0.6) is 0 Å². The van der Waals surface area contributed by atoms with Gasteiger partial charge in [0.15, 0.2) is 0 Å². The van der Waals surface area contributed by atoms with Crippen LogP contribution in [0.2, 0.25) is 0 Å². The van der Waals surface area contributed by atoms with Gasteiger partial charge in [0.25, 0.3) is 0 Å². The van der Waals surface area contributed by atoms with Crippen molar-refractivity contribution >= 4 is 11.6 Å². The fourth-order valence-electron chi connectivity index (χ4n) is 1.29. The summed E-state index contributed by atoms with van der Waals surface area (Å²) in [5.41, 5.74) is 2.17. The molecule has 2 rings (SSSR count). The smallest absolute Gasteiger partial charge is 0.0951 e. The molecule has 0 fully saturated rings. The van der Waals surface area contributed by atoms with Gasteiger partial charge >= 0.3 is 0 Å². The van der Waals surface area contributed by atoms with Gasteiger partial charge in [-0.05, 0) is 11.6 Å². The van der Waals surface area contributed by atoms with E-state index in [4.69, 9.17) is 11.6 Å². The molecule has 4 heteroatoms. The Bertz CT molecular complexity index is 397. The molecule has 72 valence electrons. The zero-order chi connectivity index (χ0) is 9.80. The number of nitrogens with zero attached hydrogens (tertiary/aromatic N) is 3. The molecule has 0 atom stereocenters. The number of pyridine rings is 1. The van der Waals surface area contributed by atoms with Crippen molar-refractivity contribution in [1.82, 2.24) is 14.5 Å². The topological polar surface area (TPSA) is 30.7 Å². The van der Waals surface area contributed by atoms with Crippen LogP contribution in [-0.2, 0) is 12.4 Å². The van der Waals surface area contributed by atoms with Gasteiger partial charge in [0.05, 0.1) is 24.4 Å². The maximum absolute atomic E-state index is 5.76. The van der Waals surface area contributed by atoms with E-state index in [0.717, 1.165) is 17.8 Å². The van der Waals surface area contributed by atoms with Crippen molar-refractivity contribution in [3.8, 4) is 0 Å². The molecule has 0 aliphatic rings. The standard InChI is InChI=1S/C10H10ClN3/c11-4-10-6-13-8-14(10)7-9-2-1-3-12-5-9/h1-3,5-6,8H,4,7H2. The highest BCUT2D eigenvalue weighted by atomic mass is 35.5. The average Bonchev–Trinajstić information content (AvgIpc) is 2.67. The summed E-state index contributed by atoms with van der Waals surface area (Å²) in [5, 5.41) is 0. The van der Waals surface area contributed by atoms with Crippen LogP contribution in [0.15, 0.2) is 37.1 Å². The molecule has 0 spiro atoms. The Morgan fingerprint density at radius 2 is 2.21 bits per heavy atom. The molecule has 0 amide bonds. The SMILES string of the molecule is ClCc1cncn1Cc1cccnc1. The van der Waals surface area contributed by atoms with Gasteiger partial charge in [0, 0.05) is 18.6 Å². The van der Waals surface area contributed by atoms with E-state index < -0.39 is 0 Å². The molecule has 0 aromatic carbocycles. The molecular weight excluding hydrogens is 198 g/mol. The Morgan fingerprint density at radius 3 is 2.93 bits per heavy atom. The van der Waals surface area contributed by atoms with Crippen LogP contribution in [0.25, 0.3) is 0 Å². The van der Waals surface area contributed by atoms with Crippen LogP contribution < -0.4 is 0 Å². The Hall–Kier alpha value is -1.35. The normalized spacial score (nSPS) is 10.4. The summed E-state index contributed by atoms with van der Waals surface area (Å²) >= 11 is 5.76. The second kappa shape index (κ2) is 4.24. The van der Waals surface area contributed by atoms with E-state index in [1.165, 1.54) is 0 Å². The molecular formula is C10H10ClN3. The minimum atomic E-state index is 0.486. The van der Waals surface area contributed by atoms with E-state index in [1.807, 2.05) is 22.9 Å². The van der Waals surface area contributed by atoms with Gasteiger partial charge in [-0.1, -0.05) is 6.07 Å². The van der Waals surface area contributed by atoms with Gasteiger partial charge in [-0.15, -0.1) is 11.6 Å². The molecule has 3 nitrogen and oxygen atoms in total. The quantitative estimate of drug-likeness (QED) is 0.722. The summed E-state index contributed by atoms with van der Waals surface area (Å²) in [6.45, 7) is 0.774. The molecule has 2 heterocycles. The third-order valence-corrected chi connectivity index (χ3v) is 2.28. The van der Waals surface area contributed by atoms with Gasteiger partial charge in [-0.25, -0.2) is 4.98 Å². The predicted molar refractivity (Wildman–Crippen MR) is 55.1 cm³/mol. The summed E-state index contributed by atoms with van der Waals surface area (Å²) in [7, 11) is 0. The first-order valence-electron chi connectivity index (χ1n) is 4.34. The van der Waals surface area contributed by atoms with Gasteiger partial charge in [-0.3, -0.25) is 4.98 Å². The Morgan fingerprint density at radius 1 is 1.29 bits per heavy atom. The average molecular weight is 208 g/mol. The molecule has 2 aromatic heterocycles. The highest BCUT2D eigenvalue weighted by Gasteiger charge is 2.00. The molecule has 0 radical (unpaired) electrons. The molecule has 14 heavy (non-hydrogen) atoms. The minimum Gasteiger partial charge on any atom is -0.329 e. The van der Waals surface area contributed by atoms with Crippen molar-refractivity contribution in [3.05, 3.63) is 48.3 Å². The van der Waals surface area contributed by atoms with Crippen molar-refractivity contribution in [2.24, 2.45) is 0 Å². The Balaban J connectivity index is 2.19.